The minimum absolute atomic E-state index is 0.00413. The smallest absolute Gasteiger partial charge is 0.223 e. The summed E-state index contributed by atoms with van der Waals surface area (Å²) in [5, 5.41) is 5.91. The summed E-state index contributed by atoms with van der Waals surface area (Å²) >= 11 is 0. The van der Waals surface area contributed by atoms with E-state index < -0.39 is 0 Å². The Morgan fingerprint density at radius 3 is 1.90 bits per heavy atom. The molecular formula is C35H52N4O2. The average molecular weight is 561 g/mol. The van der Waals surface area contributed by atoms with Crippen molar-refractivity contribution < 1.29 is 9.59 Å². The fourth-order valence-electron chi connectivity index (χ4n) is 3.67. The van der Waals surface area contributed by atoms with Gasteiger partial charge in [0.05, 0.1) is 0 Å². The second-order valence-electron chi connectivity index (χ2n) is 9.94. The van der Waals surface area contributed by atoms with Gasteiger partial charge in [-0.3, -0.25) is 14.6 Å². The molecule has 0 radical (unpaired) electrons. The molecule has 1 rings (SSSR count). The van der Waals surface area contributed by atoms with E-state index >= 15 is 0 Å². The van der Waals surface area contributed by atoms with Gasteiger partial charge in [-0.05, 0) is 70.5 Å². The number of amides is 2. The molecule has 0 spiro atoms. The van der Waals surface area contributed by atoms with Gasteiger partial charge in [-0.25, -0.2) is 0 Å². The topological polar surface area (TPSA) is 74.3 Å². The Kier molecular flexibility index (Phi) is 22.1. The van der Waals surface area contributed by atoms with Crippen LogP contribution in [0, 0.1) is 6.92 Å². The molecule has 6 heteroatoms. The lowest BCUT2D eigenvalue weighted by molar-refractivity contribution is -0.121. The van der Waals surface area contributed by atoms with Crippen molar-refractivity contribution >= 4 is 17.9 Å². The quantitative estimate of drug-likeness (QED) is 0.120. The minimum Gasteiger partial charge on any atom is -0.355 e. The minimum atomic E-state index is -0.00413. The lowest BCUT2D eigenvalue weighted by Gasteiger charge is -2.17. The third kappa shape index (κ3) is 22.9. The highest BCUT2D eigenvalue weighted by atomic mass is 16.2. The van der Waals surface area contributed by atoms with E-state index in [9.17, 15) is 9.59 Å². The van der Waals surface area contributed by atoms with Crippen molar-refractivity contribution in [2.75, 3.05) is 33.2 Å². The first-order valence-electron chi connectivity index (χ1n) is 15.1. The molecular weight excluding hydrogens is 508 g/mol. The molecule has 224 valence electrons. The van der Waals surface area contributed by atoms with Crippen molar-refractivity contribution in [3.8, 4) is 0 Å². The predicted molar refractivity (Wildman–Crippen MR) is 174 cm³/mol. The summed E-state index contributed by atoms with van der Waals surface area (Å²) in [5.74, 6) is 0.0881. The van der Waals surface area contributed by atoms with Gasteiger partial charge in [0.1, 0.15) is 0 Å². The molecule has 1 heterocycles. The third-order valence-electron chi connectivity index (χ3n) is 6.11. The van der Waals surface area contributed by atoms with Gasteiger partial charge < -0.3 is 15.5 Å². The molecule has 0 bridgehead atoms. The van der Waals surface area contributed by atoms with Crippen LogP contribution in [0.4, 0.5) is 0 Å². The maximum absolute atomic E-state index is 12.1. The van der Waals surface area contributed by atoms with Gasteiger partial charge in [0.15, 0.2) is 0 Å². The number of rotatable bonds is 22. The first-order valence-corrected chi connectivity index (χ1v) is 15.1. The van der Waals surface area contributed by atoms with Gasteiger partial charge in [0.25, 0.3) is 0 Å². The van der Waals surface area contributed by atoms with Crippen LogP contribution in [0.5, 0.6) is 0 Å². The highest BCUT2D eigenvalue weighted by Crippen LogP contribution is 2.03. The van der Waals surface area contributed by atoms with Gasteiger partial charge in [0.2, 0.25) is 11.8 Å². The van der Waals surface area contributed by atoms with Crippen LogP contribution < -0.4 is 10.6 Å². The van der Waals surface area contributed by atoms with Crippen molar-refractivity contribution in [2.45, 2.75) is 71.6 Å². The molecule has 41 heavy (non-hydrogen) atoms. The largest absolute Gasteiger partial charge is 0.355 e. The molecule has 0 saturated heterocycles. The van der Waals surface area contributed by atoms with Gasteiger partial charge >= 0.3 is 0 Å². The first-order chi connectivity index (χ1) is 20.0. The number of aryl methyl sites for hydroxylation is 1. The van der Waals surface area contributed by atoms with Crippen LogP contribution in [0.2, 0.25) is 0 Å². The molecule has 1 aromatic heterocycles. The number of pyridine rings is 1. The summed E-state index contributed by atoms with van der Waals surface area (Å²) in [6, 6.07) is 3.93. The van der Waals surface area contributed by atoms with E-state index in [1.165, 1.54) is 0 Å². The van der Waals surface area contributed by atoms with Crippen LogP contribution in [0.3, 0.4) is 0 Å². The Hall–Kier alpha value is -3.51. The molecule has 0 saturated carbocycles. The Morgan fingerprint density at radius 1 is 0.780 bits per heavy atom. The standard InChI is InChI=1S/C35H52N4O2/c1-4-5-6-7-8-9-10-11-12-13-14-15-16-17-18-19-20-23-34(40)36-27-29-39(3)30-28-37-35(41)24-21-22-33-26-25-32(2)38-31-33/h5-6,8-9,11-12,14-15,17-18,21-22,25-26,31H,4,7,10,13,16,19-20,23-24,27-30H2,1-3H3,(H,36,40)(H,37,41)/b6-5?,9-8?,12-11?,15-14?,18-17?,22-21+. The molecule has 0 aliphatic carbocycles. The number of hydrogen-bond donors (Lipinski definition) is 2. The second-order valence-corrected chi connectivity index (χ2v) is 9.94. The van der Waals surface area contributed by atoms with Crippen LogP contribution in [0.25, 0.3) is 6.08 Å². The summed E-state index contributed by atoms with van der Waals surface area (Å²) in [7, 11) is 1.99. The Morgan fingerprint density at radius 2 is 1.34 bits per heavy atom. The summed E-state index contributed by atoms with van der Waals surface area (Å²) in [6.45, 7) is 6.77. The number of carbonyl (C=O) groups excluding carboxylic acids is 2. The number of aromatic nitrogens is 1. The summed E-state index contributed by atoms with van der Waals surface area (Å²) < 4.78 is 0. The SMILES string of the molecule is CCC=CCC=CCC=CCC=CCC=CCCCC(=O)NCCN(C)CCNC(=O)C/C=C/c1ccc(C)nc1. The molecule has 2 amide bonds. The fourth-order valence-corrected chi connectivity index (χ4v) is 3.67. The lowest BCUT2D eigenvalue weighted by Crippen LogP contribution is -2.37. The summed E-state index contributed by atoms with van der Waals surface area (Å²) in [6.07, 6.45) is 35.1. The van der Waals surface area contributed by atoms with Crippen LogP contribution >= 0.6 is 0 Å². The molecule has 1 aromatic rings. The molecule has 6 nitrogen and oxygen atoms in total. The highest BCUT2D eigenvalue weighted by molar-refractivity contribution is 5.78. The maximum atomic E-state index is 12.1. The second kappa shape index (κ2) is 25.5. The predicted octanol–water partition coefficient (Wildman–Crippen LogP) is 6.88. The van der Waals surface area contributed by atoms with E-state index in [4.69, 9.17) is 0 Å². The van der Waals surface area contributed by atoms with E-state index in [1.54, 1.807) is 6.20 Å². The van der Waals surface area contributed by atoms with Crippen molar-refractivity contribution in [1.29, 1.82) is 0 Å². The molecule has 0 aromatic carbocycles. The van der Waals surface area contributed by atoms with E-state index in [-0.39, 0.29) is 11.8 Å². The number of nitrogens with zero attached hydrogens (tertiary/aromatic N) is 2. The molecule has 0 fully saturated rings. The number of likely N-dealkylation sites (N-methyl/N-ethyl adjacent to an activating group) is 1. The number of unbranched alkanes of at least 4 members (excludes halogenated alkanes) is 1. The van der Waals surface area contributed by atoms with Gasteiger partial charge in [-0.2, -0.15) is 0 Å². The maximum Gasteiger partial charge on any atom is 0.223 e. The summed E-state index contributed by atoms with van der Waals surface area (Å²) in [5.41, 5.74) is 1.96. The lowest BCUT2D eigenvalue weighted by atomic mass is 10.2. The van der Waals surface area contributed by atoms with E-state index in [1.807, 2.05) is 38.3 Å². The monoisotopic (exact) mass is 560 g/mol. The van der Waals surface area contributed by atoms with Crippen molar-refractivity contribution in [2.24, 2.45) is 0 Å². The van der Waals surface area contributed by atoms with Gasteiger partial charge in [-0.15, -0.1) is 0 Å². The van der Waals surface area contributed by atoms with Crippen LogP contribution in [-0.4, -0.2) is 54.9 Å². The zero-order valence-corrected chi connectivity index (χ0v) is 25.6. The zero-order valence-electron chi connectivity index (χ0n) is 25.6. The Labute approximate surface area is 249 Å². The molecule has 2 N–H and O–H groups in total. The van der Waals surface area contributed by atoms with Gasteiger partial charge in [0, 0.05) is 50.9 Å². The Balaban J connectivity index is 1.97. The number of hydrogen-bond acceptors (Lipinski definition) is 4. The van der Waals surface area contributed by atoms with E-state index in [0.29, 0.717) is 25.9 Å². The number of carbonyl (C=O) groups is 2. The number of allylic oxidation sites excluding steroid dienone is 10. The summed E-state index contributed by atoms with van der Waals surface area (Å²) in [4.78, 5) is 30.4. The van der Waals surface area contributed by atoms with Crippen molar-refractivity contribution in [1.82, 2.24) is 20.5 Å². The van der Waals surface area contributed by atoms with Crippen LogP contribution in [0.15, 0.2) is 85.2 Å². The number of nitrogens with one attached hydrogen (secondary N) is 2. The van der Waals surface area contributed by atoms with Gasteiger partial charge in [-0.1, -0.05) is 85.9 Å². The zero-order chi connectivity index (χ0) is 29.8. The van der Waals surface area contributed by atoms with E-state index in [0.717, 1.165) is 69.3 Å². The molecule has 0 atom stereocenters. The van der Waals surface area contributed by atoms with Crippen LogP contribution in [-0.2, 0) is 9.59 Å². The highest BCUT2D eigenvalue weighted by Gasteiger charge is 2.03. The molecule has 0 unspecified atom stereocenters. The average Bonchev–Trinajstić information content (AvgIpc) is 2.95. The third-order valence-corrected chi connectivity index (χ3v) is 6.11. The van der Waals surface area contributed by atoms with E-state index in [2.05, 4.69) is 88.2 Å². The van der Waals surface area contributed by atoms with Crippen molar-refractivity contribution in [3.05, 3.63) is 96.4 Å². The Bertz CT molecular complexity index is 1000. The molecule has 0 aliphatic rings. The normalized spacial score (nSPS) is 12.4. The van der Waals surface area contributed by atoms with Crippen LogP contribution in [0.1, 0.15) is 76.0 Å². The first kappa shape index (κ1) is 35.5. The fraction of sp³-hybridized carbons (Fsp3) is 0.457. The molecule has 0 aliphatic heterocycles. The van der Waals surface area contributed by atoms with Crippen molar-refractivity contribution in [3.63, 3.8) is 0 Å².